The molecule has 10 heteroatoms. The quantitative estimate of drug-likeness (QED) is 0.467. The minimum atomic E-state index is -4.54. The molecule has 4 aromatic rings. The van der Waals surface area contributed by atoms with Gasteiger partial charge < -0.3 is 10.3 Å². The standard InChI is InChI=1S/C20H12ClF3N6/c21-14-3-1-2-11(4-14)7-28-19-29-8-12(6-25)17(30-19)16-10-27-18-15(16)5-13(9-26-18)20(22,23)24/h1-5,8-10H,7H2,(H,26,27)(H,28,29,30). The van der Waals surface area contributed by atoms with Crippen molar-refractivity contribution in [3.63, 3.8) is 0 Å². The van der Waals surface area contributed by atoms with Crippen molar-refractivity contribution in [1.82, 2.24) is 19.9 Å². The van der Waals surface area contributed by atoms with Gasteiger partial charge in [-0.05, 0) is 23.8 Å². The highest BCUT2D eigenvalue weighted by Gasteiger charge is 2.31. The Kier molecular flexibility index (Phi) is 5.01. The van der Waals surface area contributed by atoms with Crippen molar-refractivity contribution in [3.05, 3.63) is 70.6 Å². The van der Waals surface area contributed by atoms with Crippen LogP contribution in [0.3, 0.4) is 0 Å². The van der Waals surface area contributed by atoms with E-state index in [1.165, 1.54) is 12.4 Å². The van der Waals surface area contributed by atoms with E-state index < -0.39 is 11.7 Å². The zero-order valence-corrected chi connectivity index (χ0v) is 15.9. The Hall–Kier alpha value is -3.64. The van der Waals surface area contributed by atoms with E-state index in [2.05, 4.69) is 25.3 Å². The molecule has 0 saturated carbocycles. The number of rotatable bonds is 4. The van der Waals surface area contributed by atoms with Crippen molar-refractivity contribution < 1.29 is 13.2 Å². The molecule has 3 aromatic heterocycles. The lowest BCUT2D eigenvalue weighted by atomic mass is 10.1. The third-order valence-corrected chi connectivity index (χ3v) is 4.60. The predicted octanol–water partition coefficient (Wildman–Crippen LogP) is 5.18. The average molecular weight is 429 g/mol. The van der Waals surface area contributed by atoms with Gasteiger partial charge in [0.2, 0.25) is 5.95 Å². The largest absolute Gasteiger partial charge is 0.417 e. The molecule has 6 nitrogen and oxygen atoms in total. The first-order valence-electron chi connectivity index (χ1n) is 8.65. The Morgan fingerprint density at radius 3 is 2.73 bits per heavy atom. The number of halogens is 4. The Morgan fingerprint density at radius 1 is 1.17 bits per heavy atom. The van der Waals surface area contributed by atoms with Crippen LogP contribution in [0.4, 0.5) is 19.1 Å². The van der Waals surface area contributed by atoms with Crippen LogP contribution in [0, 0.1) is 11.3 Å². The molecule has 0 aliphatic carbocycles. The average Bonchev–Trinajstić information content (AvgIpc) is 3.14. The summed E-state index contributed by atoms with van der Waals surface area (Å²) >= 11 is 5.97. The van der Waals surface area contributed by atoms with Gasteiger partial charge in [-0.2, -0.15) is 18.4 Å². The first-order valence-corrected chi connectivity index (χ1v) is 9.03. The molecule has 0 unspecified atom stereocenters. The van der Waals surface area contributed by atoms with Gasteiger partial charge in [0.15, 0.2) is 0 Å². The van der Waals surface area contributed by atoms with Crippen LogP contribution in [0.25, 0.3) is 22.3 Å². The van der Waals surface area contributed by atoms with Crippen LogP contribution in [0.5, 0.6) is 0 Å². The first-order chi connectivity index (χ1) is 14.3. The molecule has 0 spiro atoms. The topological polar surface area (TPSA) is 90.3 Å². The third-order valence-electron chi connectivity index (χ3n) is 4.36. The summed E-state index contributed by atoms with van der Waals surface area (Å²) < 4.78 is 39.3. The van der Waals surface area contributed by atoms with Gasteiger partial charge in [0.05, 0.1) is 23.0 Å². The molecule has 30 heavy (non-hydrogen) atoms. The molecule has 150 valence electrons. The molecule has 0 bridgehead atoms. The number of alkyl halides is 3. The number of nitrogens with zero attached hydrogens (tertiary/aromatic N) is 4. The highest BCUT2D eigenvalue weighted by atomic mass is 35.5. The summed E-state index contributed by atoms with van der Waals surface area (Å²) in [6, 6.07) is 10.2. The molecule has 0 atom stereocenters. The van der Waals surface area contributed by atoms with Crippen LogP contribution in [0.1, 0.15) is 16.7 Å². The van der Waals surface area contributed by atoms with Crippen molar-refractivity contribution in [1.29, 1.82) is 5.26 Å². The number of nitrogens with one attached hydrogen (secondary N) is 2. The highest BCUT2D eigenvalue weighted by molar-refractivity contribution is 6.30. The molecule has 0 aliphatic heterocycles. The fraction of sp³-hybridized carbons (Fsp3) is 0.100. The fourth-order valence-corrected chi connectivity index (χ4v) is 3.15. The maximum atomic E-state index is 13.1. The minimum Gasteiger partial charge on any atom is -0.350 e. The number of H-pyrrole nitrogens is 1. The number of anilines is 1. The fourth-order valence-electron chi connectivity index (χ4n) is 2.94. The molecule has 3 heterocycles. The highest BCUT2D eigenvalue weighted by Crippen LogP contribution is 2.34. The Labute approximate surface area is 173 Å². The van der Waals surface area contributed by atoms with E-state index in [9.17, 15) is 18.4 Å². The summed E-state index contributed by atoms with van der Waals surface area (Å²) in [5.41, 5.74) is 0.920. The predicted molar refractivity (Wildman–Crippen MR) is 106 cm³/mol. The van der Waals surface area contributed by atoms with Crippen LogP contribution in [-0.2, 0) is 12.7 Å². The summed E-state index contributed by atoms with van der Waals surface area (Å²) in [7, 11) is 0. The van der Waals surface area contributed by atoms with Crippen molar-refractivity contribution in [2.45, 2.75) is 12.7 Å². The number of benzene rings is 1. The van der Waals surface area contributed by atoms with E-state index in [0.717, 1.165) is 17.8 Å². The van der Waals surface area contributed by atoms with Gasteiger partial charge in [-0.3, -0.25) is 0 Å². The van der Waals surface area contributed by atoms with Crippen molar-refractivity contribution in [3.8, 4) is 17.3 Å². The van der Waals surface area contributed by atoms with Gasteiger partial charge in [0.25, 0.3) is 0 Å². The lowest BCUT2D eigenvalue weighted by Gasteiger charge is -2.09. The van der Waals surface area contributed by atoms with Gasteiger partial charge >= 0.3 is 6.18 Å². The SMILES string of the molecule is N#Cc1cnc(NCc2cccc(Cl)c2)nc1-c1c[nH]c2ncc(C(F)(F)F)cc12. The van der Waals surface area contributed by atoms with Gasteiger partial charge in [0, 0.05) is 34.9 Å². The van der Waals surface area contributed by atoms with Crippen molar-refractivity contribution in [2.75, 3.05) is 5.32 Å². The third kappa shape index (κ3) is 3.90. The number of fused-ring (bicyclic) bond motifs is 1. The van der Waals surface area contributed by atoms with Gasteiger partial charge in [0.1, 0.15) is 11.7 Å². The zero-order valence-electron chi connectivity index (χ0n) is 15.1. The van der Waals surface area contributed by atoms with E-state index in [0.29, 0.717) is 17.1 Å². The molecule has 0 fully saturated rings. The van der Waals surface area contributed by atoms with Crippen molar-refractivity contribution >= 4 is 28.6 Å². The maximum absolute atomic E-state index is 13.1. The lowest BCUT2D eigenvalue weighted by Crippen LogP contribution is -2.06. The normalized spacial score (nSPS) is 11.4. The summed E-state index contributed by atoms with van der Waals surface area (Å²) in [6.07, 6.45) is -0.987. The summed E-state index contributed by atoms with van der Waals surface area (Å²) in [5.74, 6) is 0.221. The van der Waals surface area contributed by atoms with Crippen LogP contribution in [0.15, 0.2) is 48.9 Å². The number of aromatic nitrogens is 4. The van der Waals surface area contributed by atoms with E-state index in [-0.39, 0.29) is 28.2 Å². The number of hydrogen-bond acceptors (Lipinski definition) is 5. The monoisotopic (exact) mass is 428 g/mol. The zero-order chi connectivity index (χ0) is 21.3. The Bertz CT molecular complexity index is 1280. The molecule has 0 saturated heterocycles. The maximum Gasteiger partial charge on any atom is 0.417 e. The van der Waals surface area contributed by atoms with Gasteiger partial charge in [-0.1, -0.05) is 23.7 Å². The van der Waals surface area contributed by atoms with Crippen LogP contribution >= 0.6 is 11.6 Å². The second-order valence-corrected chi connectivity index (χ2v) is 6.81. The van der Waals surface area contributed by atoms with Crippen LogP contribution in [0.2, 0.25) is 5.02 Å². The summed E-state index contributed by atoms with van der Waals surface area (Å²) in [5, 5.41) is 13.3. The van der Waals surface area contributed by atoms with Crippen molar-refractivity contribution in [2.24, 2.45) is 0 Å². The molecular formula is C20H12ClF3N6. The molecule has 1 aromatic carbocycles. The number of nitriles is 1. The molecule has 2 N–H and O–H groups in total. The molecule has 0 aliphatic rings. The molecule has 4 rings (SSSR count). The van der Waals surface area contributed by atoms with E-state index in [1.54, 1.807) is 12.1 Å². The van der Waals surface area contributed by atoms with Gasteiger partial charge in [-0.25, -0.2) is 15.0 Å². The van der Waals surface area contributed by atoms with Crippen LogP contribution in [-0.4, -0.2) is 19.9 Å². The molecular weight excluding hydrogens is 417 g/mol. The number of aromatic amines is 1. The minimum absolute atomic E-state index is 0.126. The lowest BCUT2D eigenvalue weighted by molar-refractivity contribution is -0.137. The van der Waals surface area contributed by atoms with E-state index >= 15 is 0 Å². The molecule has 0 amide bonds. The Balaban J connectivity index is 1.73. The molecule has 0 radical (unpaired) electrons. The second-order valence-electron chi connectivity index (χ2n) is 6.37. The second kappa shape index (κ2) is 7.65. The summed E-state index contributed by atoms with van der Waals surface area (Å²) in [4.78, 5) is 15.1. The van der Waals surface area contributed by atoms with E-state index in [4.69, 9.17) is 11.6 Å². The van der Waals surface area contributed by atoms with Crippen LogP contribution < -0.4 is 5.32 Å². The first kappa shape index (κ1) is 19.7. The number of pyridine rings is 1. The number of hydrogen-bond donors (Lipinski definition) is 2. The van der Waals surface area contributed by atoms with E-state index in [1.807, 2.05) is 18.2 Å². The summed E-state index contributed by atoms with van der Waals surface area (Å²) in [6.45, 7) is 0.375. The van der Waals surface area contributed by atoms with Gasteiger partial charge in [-0.15, -0.1) is 0 Å². The Morgan fingerprint density at radius 2 is 2.00 bits per heavy atom. The smallest absolute Gasteiger partial charge is 0.350 e.